The quantitative estimate of drug-likeness (QED) is 0.428. The maximum absolute atomic E-state index is 13.2. The van der Waals surface area contributed by atoms with Gasteiger partial charge in [-0.2, -0.15) is 5.26 Å². The van der Waals surface area contributed by atoms with E-state index in [-0.39, 0.29) is 16.7 Å². The predicted octanol–water partition coefficient (Wildman–Crippen LogP) is 6.32. The molecule has 0 amide bonds. The number of anilines is 1. The third-order valence-electron chi connectivity index (χ3n) is 6.08. The van der Waals surface area contributed by atoms with E-state index in [0.29, 0.717) is 36.9 Å². The SMILES string of the molecule is N#Cc1ccc(-c2ccc(S(=O)(=O)[C@H]3CC[C@H](Nc4cccc(OC(F)(F)F)c4)CC3)cc2)cc1. The van der Waals surface area contributed by atoms with Gasteiger partial charge in [-0.15, -0.1) is 13.2 Å². The average Bonchev–Trinajstić information content (AvgIpc) is 2.84. The number of ether oxygens (including phenoxy) is 1. The van der Waals surface area contributed by atoms with Gasteiger partial charge >= 0.3 is 6.36 Å². The van der Waals surface area contributed by atoms with Gasteiger partial charge in [0.2, 0.25) is 0 Å². The highest BCUT2D eigenvalue weighted by atomic mass is 32.2. The van der Waals surface area contributed by atoms with Crippen LogP contribution in [0.5, 0.6) is 5.75 Å². The van der Waals surface area contributed by atoms with Crippen LogP contribution >= 0.6 is 0 Å². The Morgan fingerprint density at radius 3 is 2.06 bits per heavy atom. The van der Waals surface area contributed by atoms with Crippen LogP contribution in [0, 0.1) is 11.3 Å². The van der Waals surface area contributed by atoms with E-state index in [1.165, 1.54) is 18.2 Å². The fraction of sp³-hybridized carbons (Fsp3) is 0.269. The largest absolute Gasteiger partial charge is 0.573 e. The van der Waals surface area contributed by atoms with E-state index in [4.69, 9.17) is 5.26 Å². The molecule has 1 aliphatic carbocycles. The van der Waals surface area contributed by atoms with E-state index in [2.05, 4.69) is 16.1 Å². The number of benzene rings is 3. The van der Waals surface area contributed by atoms with Gasteiger partial charge in [0.25, 0.3) is 0 Å². The van der Waals surface area contributed by atoms with Crippen molar-refractivity contribution in [2.75, 3.05) is 5.32 Å². The molecule has 182 valence electrons. The summed E-state index contributed by atoms with van der Waals surface area (Å²) in [5, 5.41) is 11.6. The van der Waals surface area contributed by atoms with Gasteiger partial charge in [-0.05, 0) is 73.2 Å². The van der Waals surface area contributed by atoms with Crippen molar-refractivity contribution >= 4 is 15.5 Å². The van der Waals surface area contributed by atoms with Crippen molar-refractivity contribution in [3.05, 3.63) is 78.4 Å². The van der Waals surface area contributed by atoms with Crippen molar-refractivity contribution in [2.24, 2.45) is 0 Å². The maximum Gasteiger partial charge on any atom is 0.573 e. The van der Waals surface area contributed by atoms with Crippen molar-refractivity contribution in [1.82, 2.24) is 0 Å². The topological polar surface area (TPSA) is 79.2 Å². The Kier molecular flexibility index (Phi) is 7.03. The molecule has 0 aromatic heterocycles. The molecule has 5 nitrogen and oxygen atoms in total. The van der Waals surface area contributed by atoms with Crippen LogP contribution in [0.3, 0.4) is 0 Å². The fourth-order valence-corrected chi connectivity index (χ4v) is 6.10. The summed E-state index contributed by atoms with van der Waals surface area (Å²) in [6, 6.07) is 21.5. The number of nitriles is 1. The number of sulfone groups is 1. The molecule has 1 N–H and O–H groups in total. The Balaban J connectivity index is 1.37. The molecule has 1 saturated carbocycles. The van der Waals surface area contributed by atoms with Gasteiger partial charge in [0, 0.05) is 17.8 Å². The van der Waals surface area contributed by atoms with E-state index in [1.54, 1.807) is 42.5 Å². The second-order valence-corrected chi connectivity index (χ2v) is 10.7. The standard InChI is InChI=1S/C26H23F3N2O3S/c27-26(28,29)34-23-3-1-2-22(16-23)31-21-10-14-25(15-11-21)35(32,33)24-12-8-20(9-13-24)19-6-4-18(17-30)5-7-19/h1-9,12-13,16,21,25,31H,10-11,14-15H2/t21-,25-. The van der Waals surface area contributed by atoms with Crippen LogP contribution in [0.25, 0.3) is 11.1 Å². The lowest BCUT2D eigenvalue weighted by molar-refractivity contribution is -0.274. The lowest BCUT2D eigenvalue weighted by Gasteiger charge is -2.29. The van der Waals surface area contributed by atoms with E-state index in [0.717, 1.165) is 11.1 Å². The predicted molar refractivity (Wildman–Crippen MR) is 127 cm³/mol. The van der Waals surface area contributed by atoms with E-state index < -0.39 is 21.4 Å². The number of halogens is 3. The zero-order valence-electron chi connectivity index (χ0n) is 18.6. The summed E-state index contributed by atoms with van der Waals surface area (Å²) >= 11 is 0. The molecule has 9 heteroatoms. The number of alkyl halides is 3. The fourth-order valence-electron chi connectivity index (χ4n) is 4.30. The number of nitrogens with zero attached hydrogens (tertiary/aromatic N) is 1. The van der Waals surface area contributed by atoms with E-state index >= 15 is 0 Å². The molecule has 0 spiro atoms. The van der Waals surface area contributed by atoms with Gasteiger partial charge in [0.05, 0.1) is 21.8 Å². The van der Waals surface area contributed by atoms with E-state index in [1.807, 2.05) is 12.1 Å². The minimum Gasteiger partial charge on any atom is -0.406 e. The summed E-state index contributed by atoms with van der Waals surface area (Å²) in [6.07, 6.45) is -2.69. The molecular formula is C26H23F3N2O3S. The second-order valence-electron chi connectivity index (χ2n) is 8.45. The molecule has 3 aromatic rings. The van der Waals surface area contributed by atoms with Gasteiger partial charge in [-0.25, -0.2) is 8.42 Å². The first kappa shape index (κ1) is 24.6. The zero-order chi connectivity index (χ0) is 25.1. The molecule has 0 heterocycles. The van der Waals surface area contributed by atoms with Crippen LogP contribution in [0.15, 0.2) is 77.7 Å². The molecule has 4 rings (SSSR count). The Labute approximate surface area is 202 Å². The highest BCUT2D eigenvalue weighted by Gasteiger charge is 2.33. The Morgan fingerprint density at radius 2 is 1.49 bits per heavy atom. The van der Waals surface area contributed by atoms with Crippen molar-refractivity contribution < 1.29 is 26.3 Å². The number of hydrogen-bond donors (Lipinski definition) is 1. The van der Waals surface area contributed by atoms with Crippen LogP contribution in [0.4, 0.5) is 18.9 Å². The molecule has 1 aliphatic rings. The first-order valence-corrected chi connectivity index (χ1v) is 12.7. The summed E-state index contributed by atoms with van der Waals surface area (Å²) in [5.74, 6) is -0.303. The third kappa shape index (κ3) is 6.14. The van der Waals surface area contributed by atoms with E-state index in [9.17, 15) is 21.6 Å². The average molecular weight is 501 g/mol. The molecule has 35 heavy (non-hydrogen) atoms. The molecule has 1 fully saturated rings. The Hall–Kier alpha value is -3.51. The van der Waals surface area contributed by atoms with Crippen molar-refractivity contribution in [1.29, 1.82) is 5.26 Å². The second kappa shape index (κ2) is 10.0. The smallest absolute Gasteiger partial charge is 0.406 e. The molecule has 0 saturated heterocycles. The maximum atomic E-state index is 13.2. The highest BCUT2D eigenvalue weighted by Crippen LogP contribution is 2.32. The summed E-state index contributed by atoms with van der Waals surface area (Å²) < 4.78 is 67.7. The van der Waals surface area contributed by atoms with Gasteiger partial charge in [0.1, 0.15) is 5.75 Å². The number of rotatable bonds is 6. The minimum atomic E-state index is -4.76. The number of nitrogens with one attached hydrogen (secondary N) is 1. The van der Waals surface area contributed by atoms with Gasteiger partial charge in [-0.3, -0.25) is 0 Å². The molecular weight excluding hydrogens is 477 g/mol. The summed E-state index contributed by atoms with van der Waals surface area (Å²) in [6.45, 7) is 0. The third-order valence-corrected chi connectivity index (χ3v) is 8.36. The molecule has 0 radical (unpaired) electrons. The molecule has 0 atom stereocenters. The molecule has 0 aliphatic heterocycles. The normalized spacial score (nSPS) is 18.5. The number of hydrogen-bond acceptors (Lipinski definition) is 5. The molecule has 3 aromatic carbocycles. The Morgan fingerprint density at radius 1 is 0.886 bits per heavy atom. The Bertz CT molecular complexity index is 1310. The van der Waals surface area contributed by atoms with Crippen LogP contribution < -0.4 is 10.1 Å². The van der Waals surface area contributed by atoms with Crippen LogP contribution in [0.1, 0.15) is 31.2 Å². The monoisotopic (exact) mass is 500 g/mol. The lowest BCUT2D eigenvalue weighted by Crippen LogP contribution is -2.32. The van der Waals surface area contributed by atoms with Gasteiger partial charge < -0.3 is 10.1 Å². The van der Waals surface area contributed by atoms with Crippen LogP contribution in [0.2, 0.25) is 0 Å². The van der Waals surface area contributed by atoms with Gasteiger partial charge in [0.15, 0.2) is 9.84 Å². The van der Waals surface area contributed by atoms with Crippen LogP contribution in [-0.2, 0) is 9.84 Å². The zero-order valence-corrected chi connectivity index (χ0v) is 19.4. The molecule has 0 bridgehead atoms. The van der Waals surface area contributed by atoms with Crippen molar-refractivity contribution in [3.63, 3.8) is 0 Å². The lowest BCUT2D eigenvalue weighted by atomic mass is 9.95. The van der Waals surface area contributed by atoms with Crippen molar-refractivity contribution in [3.8, 4) is 22.9 Å². The van der Waals surface area contributed by atoms with Crippen LogP contribution in [-0.4, -0.2) is 26.1 Å². The van der Waals surface area contributed by atoms with Gasteiger partial charge in [-0.1, -0.05) is 30.3 Å². The summed E-state index contributed by atoms with van der Waals surface area (Å²) in [4.78, 5) is 0.267. The summed E-state index contributed by atoms with van der Waals surface area (Å²) in [7, 11) is -3.51. The molecule has 0 unspecified atom stereocenters. The summed E-state index contributed by atoms with van der Waals surface area (Å²) in [5.41, 5.74) is 2.80. The first-order valence-electron chi connectivity index (χ1n) is 11.1. The minimum absolute atomic E-state index is 0.0404. The van der Waals surface area contributed by atoms with Crippen molar-refractivity contribution in [2.45, 2.75) is 48.2 Å². The highest BCUT2D eigenvalue weighted by molar-refractivity contribution is 7.92. The first-order chi connectivity index (χ1) is 16.6.